The van der Waals surface area contributed by atoms with Gasteiger partial charge in [0.05, 0.1) is 5.56 Å². The van der Waals surface area contributed by atoms with Crippen LogP contribution in [-0.4, -0.2) is 10.9 Å². The molecular formula is C12H9BrFN3O. The van der Waals surface area contributed by atoms with E-state index < -0.39 is 11.9 Å². The predicted octanol–water partition coefficient (Wildman–Crippen LogP) is 2.82. The van der Waals surface area contributed by atoms with Crippen LogP contribution in [0.2, 0.25) is 0 Å². The van der Waals surface area contributed by atoms with Gasteiger partial charge in [0.25, 0.3) is 5.91 Å². The molecule has 6 heteroatoms. The minimum atomic E-state index is -0.657. The number of pyridine rings is 1. The Morgan fingerprint density at radius 2 is 2.11 bits per heavy atom. The van der Waals surface area contributed by atoms with Crippen LogP contribution >= 0.6 is 15.9 Å². The summed E-state index contributed by atoms with van der Waals surface area (Å²) in [6.07, 6.45) is 0. The Morgan fingerprint density at radius 1 is 1.33 bits per heavy atom. The summed E-state index contributed by atoms with van der Waals surface area (Å²) in [4.78, 5) is 15.5. The van der Waals surface area contributed by atoms with E-state index >= 15 is 0 Å². The van der Waals surface area contributed by atoms with Gasteiger partial charge in [-0.1, -0.05) is 22.0 Å². The molecule has 0 fully saturated rings. The fourth-order valence-electron chi connectivity index (χ4n) is 1.39. The third kappa shape index (κ3) is 2.84. The number of nitrogens with one attached hydrogen (secondary N) is 1. The molecule has 2 aromatic rings. The van der Waals surface area contributed by atoms with E-state index in [1.807, 2.05) is 0 Å². The Morgan fingerprint density at radius 3 is 2.83 bits per heavy atom. The number of aromatic nitrogens is 1. The molecule has 0 aliphatic rings. The molecule has 0 aliphatic carbocycles. The van der Waals surface area contributed by atoms with Crippen LogP contribution in [0.15, 0.2) is 40.9 Å². The summed E-state index contributed by atoms with van der Waals surface area (Å²) < 4.78 is 13.6. The average molecular weight is 310 g/mol. The van der Waals surface area contributed by atoms with Gasteiger partial charge in [-0.05, 0) is 30.3 Å². The number of nitrogens with two attached hydrogens (primary N) is 1. The van der Waals surface area contributed by atoms with Crippen molar-refractivity contribution in [3.05, 3.63) is 52.4 Å². The van der Waals surface area contributed by atoms with Gasteiger partial charge in [-0.2, -0.15) is 4.39 Å². The second kappa shape index (κ2) is 5.14. The number of hydrogen-bond donors (Lipinski definition) is 2. The van der Waals surface area contributed by atoms with Crippen LogP contribution in [-0.2, 0) is 0 Å². The molecule has 1 aromatic carbocycles. The molecule has 1 heterocycles. The molecule has 18 heavy (non-hydrogen) atoms. The first-order valence-corrected chi connectivity index (χ1v) is 5.84. The van der Waals surface area contributed by atoms with Gasteiger partial charge in [0.15, 0.2) is 0 Å². The topological polar surface area (TPSA) is 68.0 Å². The van der Waals surface area contributed by atoms with Crippen molar-refractivity contribution in [1.29, 1.82) is 0 Å². The van der Waals surface area contributed by atoms with Crippen molar-refractivity contribution in [2.75, 3.05) is 11.1 Å². The molecule has 92 valence electrons. The second-order valence-corrected chi connectivity index (χ2v) is 4.45. The Hall–Kier alpha value is -1.95. The Labute approximate surface area is 111 Å². The van der Waals surface area contributed by atoms with Gasteiger partial charge < -0.3 is 11.1 Å². The highest BCUT2D eigenvalue weighted by Crippen LogP contribution is 2.19. The molecule has 0 radical (unpaired) electrons. The molecular weight excluding hydrogens is 301 g/mol. The van der Waals surface area contributed by atoms with Crippen LogP contribution < -0.4 is 11.1 Å². The molecule has 2 rings (SSSR count). The summed E-state index contributed by atoms with van der Waals surface area (Å²) in [7, 11) is 0. The Kier molecular flexibility index (Phi) is 3.57. The van der Waals surface area contributed by atoms with E-state index in [0.717, 1.165) is 4.47 Å². The van der Waals surface area contributed by atoms with Gasteiger partial charge in [0.2, 0.25) is 5.95 Å². The van der Waals surface area contributed by atoms with E-state index in [-0.39, 0.29) is 5.82 Å². The number of hydrogen-bond acceptors (Lipinski definition) is 3. The molecule has 0 spiro atoms. The van der Waals surface area contributed by atoms with Crippen molar-refractivity contribution in [3.8, 4) is 0 Å². The normalized spacial score (nSPS) is 10.1. The summed E-state index contributed by atoms with van der Waals surface area (Å²) in [5, 5.41) is 2.48. The number of benzene rings is 1. The average Bonchev–Trinajstić information content (AvgIpc) is 2.32. The maximum atomic E-state index is 12.9. The molecule has 0 atom stereocenters. The first kappa shape index (κ1) is 12.5. The summed E-state index contributed by atoms with van der Waals surface area (Å²) >= 11 is 3.25. The largest absolute Gasteiger partial charge is 0.398 e. The second-order valence-electron chi connectivity index (χ2n) is 3.53. The van der Waals surface area contributed by atoms with Crippen LogP contribution in [0.1, 0.15) is 10.4 Å². The smallest absolute Gasteiger partial charge is 0.258 e. The fourth-order valence-corrected chi connectivity index (χ4v) is 1.75. The predicted molar refractivity (Wildman–Crippen MR) is 70.7 cm³/mol. The molecule has 0 aliphatic heterocycles. The summed E-state index contributed by atoms with van der Waals surface area (Å²) in [5.41, 5.74) is 6.34. The van der Waals surface area contributed by atoms with Crippen LogP contribution in [0, 0.1) is 5.95 Å². The van der Waals surface area contributed by atoms with Gasteiger partial charge in [0.1, 0.15) is 5.82 Å². The highest BCUT2D eigenvalue weighted by Gasteiger charge is 2.11. The van der Waals surface area contributed by atoms with Gasteiger partial charge in [-0.3, -0.25) is 4.79 Å². The maximum Gasteiger partial charge on any atom is 0.258 e. The van der Waals surface area contributed by atoms with Crippen molar-refractivity contribution in [2.45, 2.75) is 0 Å². The number of halogens is 2. The first-order chi connectivity index (χ1) is 8.56. The summed E-state index contributed by atoms with van der Waals surface area (Å²) in [5.74, 6) is -0.957. The third-order valence-electron chi connectivity index (χ3n) is 2.22. The fraction of sp³-hybridized carbons (Fsp3) is 0. The van der Waals surface area contributed by atoms with Crippen molar-refractivity contribution in [3.63, 3.8) is 0 Å². The maximum absolute atomic E-state index is 12.9. The number of anilines is 2. The Balaban J connectivity index is 2.24. The van der Waals surface area contributed by atoms with Gasteiger partial charge in [-0.25, -0.2) is 4.98 Å². The number of nitrogen functional groups attached to an aromatic ring is 1. The zero-order valence-corrected chi connectivity index (χ0v) is 10.7. The lowest BCUT2D eigenvalue weighted by molar-refractivity contribution is 0.102. The molecule has 0 unspecified atom stereocenters. The minimum absolute atomic E-state index is 0.138. The molecule has 3 N–H and O–H groups in total. The quantitative estimate of drug-likeness (QED) is 0.662. The highest BCUT2D eigenvalue weighted by atomic mass is 79.9. The number of amides is 1. The highest BCUT2D eigenvalue weighted by molar-refractivity contribution is 9.10. The zero-order chi connectivity index (χ0) is 13.1. The zero-order valence-electron chi connectivity index (χ0n) is 9.15. The van der Waals surface area contributed by atoms with E-state index in [1.54, 1.807) is 18.2 Å². The van der Waals surface area contributed by atoms with E-state index in [0.29, 0.717) is 11.3 Å². The van der Waals surface area contributed by atoms with Crippen molar-refractivity contribution in [1.82, 2.24) is 4.98 Å². The van der Waals surface area contributed by atoms with Gasteiger partial charge in [0, 0.05) is 10.2 Å². The SMILES string of the molecule is Nc1ccc(Br)cc1C(=O)Nc1cccc(F)n1. The minimum Gasteiger partial charge on any atom is -0.398 e. The first-order valence-electron chi connectivity index (χ1n) is 5.05. The summed E-state index contributed by atoms with van der Waals surface area (Å²) in [6, 6.07) is 9.08. The van der Waals surface area contributed by atoms with Crippen molar-refractivity contribution >= 4 is 33.3 Å². The number of carbonyl (C=O) groups excluding carboxylic acids is 1. The number of carbonyl (C=O) groups is 1. The standard InChI is InChI=1S/C12H9BrFN3O/c13-7-4-5-9(15)8(6-7)12(18)17-11-3-1-2-10(14)16-11/h1-6H,15H2,(H,16,17,18). The lowest BCUT2D eigenvalue weighted by Crippen LogP contribution is -2.15. The van der Waals surface area contributed by atoms with Crippen LogP contribution in [0.25, 0.3) is 0 Å². The lowest BCUT2D eigenvalue weighted by Gasteiger charge is -2.07. The molecule has 1 amide bonds. The van der Waals surface area contributed by atoms with E-state index in [2.05, 4.69) is 26.2 Å². The summed E-state index contributed by atoms with van der Waals surface area (Å²) in [6.45, 7) is 0. The van der Waals surface area contributed by atoms with Crippen molar-refractivity contribution < 1.29 is 9.18 Å². The van der Waals surface area contributed by atoms with E-state index in [9.17, 15) is 9.18 Å². The lowest BCUT2D eigenvalue weighted by atomic mass is 10.1. The number of rotatable bonds is 2. The van der Waals surface area contributed by atoms with Crippen LogP contribution in [0.5, 0.6) is 0 Å². The Bertz CT molecular complexity index is 604. The van der Waals surface area contributed by atoms with Crippen molar-refractivity contribution in [2.24, 2.45) is 0 Å². The van der Waals surface area contributed by atoms with Gasteiger partial charge in [-0.15, -0.1) is 0 Å². The van der Waals surface area contributed by atoms with E-state index in [4.69, 9.17) is 5.73 Å². The molecule has 1 aromatic heterocycles. The van der Waals surface area contributed by atoms with E-state index in [1.165, 1.54) is 18.2 Å². The van der Waals surface area contributed by atoms with Crippen LogP contribution in [0.3, 0.4) is 0 Å². The third-order valence-corrected chi connectivity index (χ3v) is 2.71. The van der Waals surface area contributed by atoms with Crippen LogP contribution in [0.4, 0.5) is 15.9 Å². The molecule has 0 saturated carbocycles. The molecule has 4 nitrogen and oxygen atoms in total. The molecule has 0 saturated heterocycles. The molecule has 0 bridgehead atoms. The number of nitrogens with zero attached hydrogens (tertiary/aromatic N) is 1. The van der Waals surface area contributed by atoms with Gasteiger partial charge >= 0.3 is 0 Å². The monoisotopic (exact) mass is 309 g/mol.